The molecule has 1 atom stereocenters. The molecule has 1 unspecified atom stereocenters. The second kappa shape index (κ2) is 5.78. The average Bonchev–Trinajstić information content (AvgIpc) is 2.37. The minimum Gasteiger partial charge on any atom is -0.368 e. The van der Waals surface area contributed by atoms with E-state index in [1.807, 2.05) is 38.1 Å². The van der Waals surface area contributed by atoms with E-state index in [4.69, 9.17) is 17.3 Å². The van der Waals surface area contributed by atoms with Crippen molar-refractivity contribution in [3.8, 4) is 0 Å². The Kier molecular flexibility index (Phi) is 4.24. The van der Waals surface area contributed by atoms with E-state index >= 15 is 0 Å². The van der Waals surface area contributed by atoms with Gasteiger partial charge in [0.25, 0.3) is 0 Å². The van der Waals surface area contributed by atoms with Crippen molar-refractivity contribution in [1.29, 1.82) is 0 Å². The predicted molar refractivity (Wildman–Crippen MR) is 87.5 cm³/mol. The van der Waals surface area contributed by atoms with Crippen molar-refractivity contribution in [2.45, 2.75) is 26.3 Å². The first-order chi connectivity index (χ1) is 9.81. The fourth-order valence-corrected chi connectivity index (χ4v) is 2.58. The van der Waals surface area contributed by atoms with Crippen molar-refractivity contribution < 1.29 is 4.79 Å². The monoisotopic (exact) mass is 302 g/mol. The van der Waals surface area contributed by atoms with Gasteiger partial charge in [0.15, 0.2) is 0 Å². The van der Waals surface area contributed by atoms with Crippen LogP contribution in [0.15, 0.2) is 42.5 Å². The minimum atomic E-state index is -0.999. The largest absolute Gasteiger partial charge is 0.368 e. The van der Waals surface area contributed by atoms with Crippen LogP contribution in [0.2, 0.25) is 5.02 Å². The molecular weight excluding hydrogens is 284 g/mol. The van der Waals surface area contributed by atoms with Gasteiger partial charge in [-0.25, -0.2) is 0 Å². The maximum atomic E-state index is 12.1. The Morgan fingerprint density at radius 2 is 1.76 bits per heavy atom. The Morgan fingerprint density at radius 3 is 2.29 bits per heavy atom. The SMILES string of the molecule is Cc1cc(C)cc(C(C)(Nc2cccc(Cl)c2)C(N)=O)c1. The molecule has 0 radical (unpaired) electrons. The highest BCUT2D eigenvalue weighted by Crippen LogP contribution is 2.28. The van der Waals surface area contributed by atoms with Gasteiger partial charge in [0.05, 0.1) is 0 Å². The molecule has 1 amide bonds. The van der Waals surface area contributed by atoms with E-state index in [1.165, 1.54) is 0 Å². The van der Waals surface area contributed by atoms with Gasteiger partial charge in [0, 0.05) is 10.7 Å². The standard InChI is InChI=1S/C17H19ClN2O/c1-11-7-12(2)9-13(8-11)17(3,16(19)21)20-15-6-4-5-14(18)10-15/h4-10,20H,1-3H3,(H2,19,21). The highest BCUT2D eigenvalue weighted by atomic mass is 35.5. The van der Waals surface area contributed by atoms with Gasteiger partial charge in [-0.05, 0) is 44.5 Å². The van der Waals surface area contributed by atoms with Crippen molar-refractivity contribution in [2.75, 3.05) is 5.32 Å². The second-order valence-corrected chi connectivity index (χ2v) is 5.94. The van der Waals surface area contributed by atoms with E-state index in [2.05, 4.69) is 11.4 Å². The summed E-state index contributed by atoms with van der Waals surface area (Å²) in [4.78, 5) is 12.1. The summed E-state index contributed by atoms with van der Waals surface area (Å²) in [7, 11) is 0. The van der Waals surface area contributed by atoms with Crippen LogP contribution in [0.3, 0.4) is 0 Å². The number of halogens is 1. The number of primary amides is 1. The summed E-state index contributed by atoms with van der Waals surface area (Å²) < 4.78 is 0. The van der Waals surface area contributed by atoms with E-state index in [-0.39, 0.29) is 0 Å². The lowest BCUT2D eigenvalue weighted by atomic mass is 9.88. The summed E-state index contributed by atoms with van der Waals surface area (Å²) >= 11 is 5.99. The molecular formula is C17H19ClN2O. The fraction of sp³-hybridized carbons (Fsp3) is 0.235. The van der Waals surface area contributed by atoms with Crippen LogP contribution in [0.1, 0.15) is 23.6 Å². The van der Waals surface area contributed by atoms with Crippen LogP contribution in [0.4, 0.5) is 5.69 Å². The van der Waals surface area contributed by atoms with Gasteiger partial charge < -0.3 is 11.1 Å². The van der Waals surface area contributed by atoms with Crippen LogP contribution >= 0.6 is 11.6 Å². The van der Waals surface area contributed by atoms with Gasteiger partial charge in [0.2, 0.25) is 5.91 Å². The van der Waals surface area contributed by atoms with Crippen LogP contribution in [0, 0.1) is 13.8 Å². The van der Waals surface area contributed by atoms with Crippen molar-refractivity contribution in [2.24, 2.45) is 5.73 Å². The Hall–Kier alpha value is -2.00. The van der Waals surface area contributed by atoms with Crippen molar-refractivity contribution in [1.82, 2.24) is 0 Å². The first kappa shape index (κ1) is 15.4. The summed E-state index contributed by atoms with van der Waals surface area (Å²) in [6.45, 7) is 5.78. The highest BCUT2D eigenvalue weighted by molar-refractivity contribution is 6.30. The Bertz CT molecular complexity index is 664. The van der Waals surface area contributed by atoms with Gasteiger partial charge in [-0.15, -0.1) is 0 Å². The van der Waals surface area contributed by atoms with Gasteiger partial charge >= 0.3 is 0 Å². The number of hydrogen-bond acceptors (Lipinski definition) is 2. The topological polar surface area (TPSA) is 55.1 Å². The maximum Gasteiger partial charge on any atom is 0.247 e. The van der Waals surface area contributed by atoms with Gasteiger partial charge in [-0.2, -0.15) is 0 Å². The number of aryl methyl sites for hydroxylation is 2. The Labute approximate surface area is 130 Å². The molecule has 0 spiro atoms. The number of carbonyl (C=O) groups excluding carboxylic acids is 1. The summed E-state index contributed by atoms with van der Waals surface area (Å²) in [5, 5.41) is 3.81. The number of benzene rings is 2. The van der Waals surface area contributed by atoms with Gasteiger partial charge in [0.1, 0.15) is 5.54 Å². The smallest absolute Gasteiger partial charge is 0.247 e. The molecule has 3 nitrogen and oxygen atoms in total. The molecule has 2 aromatic rings. The molecule has 3 N–H and O–H groups in total. The molecule has 110 valence electrons. The zero-order valence-electron chi connectivity index (χ0n) is 12.4. The van der Waals surface area contributed by atoms with E-state index in [1.54, 1.807) is 19.1 Å². The fourth-order valence-electron chi connectivity index (χ4n) is 2.39. The summed E-state index contributed by atoms with van der Waals surface area (Å²) in [6, 6.07) is 13.2. The third-order valence-corrected chi connectivity index (χ3v) is 3.75. The lowest BCUT2D eigenvalue weighted by molar-refractivity contribution is -0.122. The quantitative estimate of drug-likeness (QED) is 0.903. The number of rotatable bonds is 4. The normalized spacial score (nSPS) is 13.5. The summed E-state index contributed by atoms with van der Waals surface area (Å²) in [5.74, 6) is -0.438. The predicted octanol–water partition coefficient (Wildman–Crippen LogP) is 3.77. The molecule has 0 aliphatic carbocycles. The molecule has 21 heavy (non-hydrogen) atoms. The third kappa shape index (κ3) is 3.37. The van der Waals surface area contributed by atoms with Crippen molar-refractivity contribution in [3.05, 3.63) is 64.2 Å². The molecule has 2 aromatic carbocycles. The van der Waals surface area contributed by atoms with Crippen LogP contribution in [-0.2, 0) is 10.3 Å². The van der Waals surface area contributed by atoms with E-state index < -0.39 is 11.4 Å². The number of amides is 1. The number of nitrogens with one attached hydrogen (secondary N) is 1. The van der Waals surface area contributed by atoms with Crippen molar-refractivity contribution in [3.63, 3.8) is 0 Å². The number of hydrogen-bond donors (Lipinski definition) is 2. The Morgan fingerprint density at radius 1 is 1.14 bits per heavy atom. The highest BCUT2D eigenvalue weighted by Gasteiger charge is 2.33. The van der Waals surface area contributed by atoms with E-state index in [9.17, 15) is 4.79 Å². The molecule has 0 bridgehead atoms. The number of nitrogens with two attached hydrogens (primary N) is 1. The van der Waals surface area contributed by atoms with E-state index in [0.29, 0.717) is 5.02 Å². The first-order valence-corrected chi connectivity index (χ1v) is 7.11. The lowest BCUT2D eigenvalue weighted by Crippen LogP contribution is -2.45. The first-order valence-electron chi connectivity index (χ1n) is 6.74. The summed E-state index contributed by atoms with van der Waals surface area (Å²) in [5.41, 5.74) is 8.43. The molecule has 4 heteroatoms. The zero-order chi connectivity index (χ0) is 15.6. The molecule has 0 aliphatic heterocycles. The molecule has 0 saturated heterocycles. The van der Waals surface area contributed by atoms with Crippen LogP contribution in [-0.4, -0.2) is 5.91 Å². The van der Waals surface area contributed by atoms with Crippen molar-refractivity contribution >= 4 is 23.2 Å². The lowest BCUT2D eigenvalue weighted by Gasteiger charge is -2.30. The second-order valence-electron chi connectivity index (χ2n) is 5.50. The van der Waals surface area contributed by atoms with Gasteiger partial charge in [-0.1, -0.05) is 47.0 Å². The third-order valence-electron chi connectivity index (χ3n) is 3.51. The molecule has 0 fully saturated rings. The molecule has 0 aliphatic rings. The number of anilines is 1. The molecule has 0 saturated carbocycles. The summed E-state index contributed by atoms with van der Waals surface area (Å²) in [6.07, 6.45) is 0. The van der Waals surface area contributed by atoms with Gasteiger partial charge in [-0.3, -0.25) is 4.79 Å². The molecule has 2 rings (SSSR count). The molecule has 0 aromatic heterocycles. The average molecular weight is 303 g/mol. The minimum absolute atomic E-state index is 0.438. The Balaban J connectivity index is 2.47. The maximum absolute atomic E-state index is 12.1. The van der Waals surface area contributed by atoms with Crippen LogP contribution < -0.4 is 11.1 Å². The van der Waals surface area contributed by atoms with Crippen LogP contribution in [0.25, 0.3) is 0 Å². The molecule has 0 heterocycles. The van der Waals surface area contributed by atoms with E-state index in [0.717, 1.165) is 22.4 Å². The number of carbonyl (C=O) groups is 1. The zero-order valence-corrected chi connectivity index (χ0v) is 13.2. The van der Waals surface area contributed by atoms with Crippen LogP contribution in [0.5, 0.6) is 0 Å².